The Kier molecular flexibility index (Phi) is 4.14. The quantitative estimate of drug-likeness (QED) is 0.731. The van der Waals surface area contributed by atoms with Gasteiger partial charge in [-0.05, 0) is 61.0 Å². The van der Waals surface area contributed by atoms with Crippen molar-refractivity contribution in [1.29, 1.82) is 0 Å². The fraction of sp³-hybridized carbons (Fsp3) is 0.211. The average Bonchev–Trinajstić information content (AvgIpc) is 2.53. The molecule has 1 heterocycles. The van der Waals surface area contributed by atoms with Crippen LogP contribution in [0.3, 0.4) is 0 Å². The van der Waals surface area contributed by atoms with Crippen LogP contribution in [0, 0.1) is 20.8 Å². The molecule has 0 fully saturated rings. The molecular weight excluding hydrogens is 308 g/mol. The van der Waals surface area contributed by atoms with Crippen LogP contribution in [0.1, 0.15) is 22.3 Å². The number of anilines is 1. The first-order valence-corrected chi connectivity index (χ1v) is 7.96. The number of aryl methyl sites for hydroxylation is 2. The lowest BCUT2D eigenvalue weighted by molar-refractivity contribution is 1.08. The van der Waals surface area contributed by atoms with E-state index in [2.05, 4.69) is 16.4 Å². The zero-order valence-electron chi connectivity index (χ0n) is 13.5. The fourth-order valence-corrected chi connectivity index (χ4v) is 2.87. The Morgan fingerprint density at radius 1 is 1.09 bits per heavy atom. The lowest BCUT2D eigenvalue weighted by Crippen LogP contribution is -2.16. The minimum atomic E-state index is -0.0571. The van der Waals surface area contributed by atoms with E-state index in [4.69, 9.17) is 11.6 Å². The number of fused-ring (bicyclic) bond motifs is 1. The minimum absolute atomic E-state index is 0.0571. The lowest BCUT2D eigenvalue weighted by atomic mass is 10.0. The highest BCUT2D eigenvalue weighted by Gasteiger charge is 2.07. The fourth-order valence-electron chi connectivity index (χ4n) is 2.69. The van der Waals surface area contributed by atoms with Crippen LogP contribution in [0.2, 0.25) is 5.02 Å². The van der Waals surface area contributed by atoms with Crippen LogP contribution >= 0.6 is 11.6 Å². The first kappa shape index (κ1) is 15.6. The van der Waals surface area contributed by atoms with Crippen LogP contribution < -0.4 is 10.9 Å². The number of hydrogen-bond donors (Lipinski definition) is 2. The van der Waals surface area contributed by atoms with E-state index >= 15 is 0 Å². The molecule has 0 radical (unpaired) electrons. The Morgan fingerprint density at radius 3 is 2.65 bits per heavy atom. The summed E-state index contributed by atoms with van der Waals surface area (Å²) in [4.78, 5) is 15.4. The SMILES string of the molecule is Cc1ccc2cc(CNc3cccc(Cl)c3C)c(=O)[nH]c2c1C. The molecule has 23 heavy (non-hydrogen) atoms. The summed E-state index contributed by atoms with van der Waals surface area (Å²) in [5.74, 6) is 0. The van der Waals surface area contributed by atoms with Crippen molar-refractivity contribution in [3.8, 4) is 0 Å². The molecule has 3 aromatic rings. The summed E-state index contributed by atoms with van der Waals surface area (Å²) in [6.45, 7) is 6.49. The Balaban J connectivity index is 1.95. The van der Waals surface area contributed by atoms with Crippen molar-refractivity contribution in [3.63, 3.8) is 0 Å². The number of aromatic nitrogens is 1. The highest BCUT2D eigenvalue weighted by atomic mass is 35.5. The van der Waals surface area contributed by atoms with E-state index in [0.29, 0.717) is 17.1 Å². The predicted molar refractivity (Wildman–Crippen MR) is 97.6 cm³/mol. The molecule has 0 aliphatic heterocycles. The molecule has 0 unspecified atom stereocenters. The molecule has 2 N–H and O–H groups in total. The summed E-state index contributed by atoms with van der Waals surface area (Å²) < 4.78 is 0. The van der Waals surface area contributed by atoms with Crippen LogP contribution in [0.25, 0.3) is 10.9 Å². The van der Waals surface area contributed by atoms with E-state index in [0.717, 1.165) is 27.7 Å². The third-order valence-corrected chi connectivity index (χ3v) is 4.77. The van der Waals surface area contributed by atoms with Gasteiger partial charge in [-0.25, -0.2) is 0 Å². The maximum atomic E-state index is 12.3. The Bertz CT molecular complexity index is 944. The van der Waals surface area contributed by atoms with Gasteiger partial charge in [-0.15, -0.1) is 0 Å². The summed E-state index contributed by atoms with van der Waals surface area (Å²) in [6.07, 6.45) is 0. The lowest BCUT2D eigenvalue weighted by Gasteiger charge is -2.11. The molecule has 0 aliphatic carbocycles. The number of benzene rings is 2. The molecule has 0 saturated carbocycles. The van der Waals surface area contributed by atoms with Crippen molar-refractivity contribution in [3.05, 3.63) is 74.0 Å². The maximum Gasteiger partial charge on any atom is 0.253 e. The van der Waals surface area contributed by atoms with Gasteiger partial charge < -0.3 is 10.3 Å². The van der Waals surface area contributed by atoms with Crippen molar-refractivity contribution < 1.29 is 0 Å². The van der Waals surface area contributed by atoms with E-state index in [-0.39, 0.29) is 5.56 Å². The number of halogens is 1. The topological polar surface area (TPSA) is 44.9 Å². The largest absolute Gasteiger partial charge is 0.380 e. The zero-order chi connectivity index (χ0) is 16.6. The molecule has 0 amide bonds. The van der Waals surface area contributed by atoms with Crippen LogP contribution in [0.4, 0.5) is 5.69 Å². The predicted octanol–water partition coefficient (Wildman–Crippen LogP) is 4.72. The number of pyridine rings is 1. The minimum Gasteiger partial charge on any atom is -0.380 e. The van der Waals surface area contributed by atoms with Crippen LogP contribution in [-0.2, 0) is 6.54 Å². The molecule has 4 heteroatoms. The molecule has 3 nitrogen and oxygen atoms in total. The van der Waals surface area contributed by atoms with Crippen LogP contribution in [-0.4, -0.2) is 4.98 Å². The van der Waals surface area contributed by atoms with Crippen molar-refractivity contribution in [2.75, 3.05) is 5.32 Å². The first-order chi connectivity index (χ1) is 11.0. The third-order valence-electron chi connectivity index (χ3n) is 4.36. The summed E-state index contributed by atoms with van der Waals surface area (Å²) in [7, 11) is 0. The summed E-state index contributed by atoms with van der Waals surface area (Å²) in [5, 5.41) is 5.06. The van der Waals surface area contributed by atoms with Gasteiger partial charge in [0, 0.05) is 22.8 Å². The van der Waals surface area contributed by atoms with Gasteiger partial charge in [0.05, 0.1) is 5.52 Å². The van der Waals surface area contributed by atoms with E-state index in [1.54, 1.807) is 0 Å². The van der Waals surface area contributed by atoms with E-state index in [1.807, 2.05) is 51.1 Å². The van der Waals surface area contributed by atoms with Crippen LogP contribution in [0.15, 0.2) is 41.2 Å². The molecule has 0 aliphatic rings. The standard InChI is InChI=1S/C19H19ClN2O/c1-11-7-8-14-9-15(19(23)22-18(14)12(11)2)10-21-17-6-4-5-16(20)13(17)3/h4-9,21H,10H2,1-3H3,(H,22,23). The molecule has 0 spiro atoms. The number of aromatic amines is 1. The molecule has 0 bridgehead atoms. The van der Waals surface area contributed by atoms with Gasteiger partial charge in [0.2, 0.25) is 0 Å². The first-order valence-electron chi connectivity index (χ1n) is 7.58. The second kappa shape index (κ2) is 6.09. The van der Waals surface area contributed by atoms with E-state index < -0.39 is 0 Å². The molecule has 118 valence electrons. The monoisotopic (exact) mass is 326 g/mol. The maximum absolute atomic E-state index is 12.3. The van der Waals surface area contributed by atoms with Crippen molar-refractivity contribution in [2.45, 2.75) is 27.3 Å². The van der Waals surface area contributed by atoms with Crippen molar-refractivity contribution >= 4 is 28.2 Å². The highest BCUT2D eigenvalue weighted by molar-refractivity contribution is 6.31. The van der Waals surface area contributed by atoms with Gasteiger partial charge in [-0.2, -0.15) is 0 Å². The molecule has 1 aromatic heterocycles. The van der Waals surface area contributed by atoms with E-state index in [1.165, 1.54) is 5.56 Å². The summed E-state index contributed by atoms with van der Waals surface area (Å²) >= 11 is 6.13. The molecule has 3 rings (SSSR count). The molecule has 2 aromatic carbocycles. The number of H-pyrrole nitrogens is 1. The van der Waals surface area contributed by atoms with Gasteiger partial charge in [-0.1, -0.05) is 29.8 Å². The summed E-state index contributed by atoms with van der Waals surface area (Å²) in [5.41, 5.74) is 5.78. The second-order valence-electron chi connectivity index (χ2n) is 5.86. The van der Waals surface area contributed by atoms with E-state index in [9.17, 15) is 4.79 Å². The van der Waals surface area contributed by atoms with Crippen molar-refractivity contribution in [1.82, 2.24) is 4.98 Å². The van der Waals surface area contributed by atoms with Crippen LogP contribution in [0.5, 0.6) is 0 Å². The Labute approximate surface area is 140 Å². The smallest absolute Gasteiger partial charge is 0.253 e. The summed E-state index contributed by atoms with van der Waals surface area (Å²) in [6, 6.07) is 11.8. The normalized spacial score (nSPS) is 11.0. The highest BCUT2D eigenvalue weighted by Crippen LogP contribution is 2.24. The van der Waals surface area contributed by atoms with Gasteiger partial charge in [0.15, 0.2) is 0 Å². The Morgan fingerprint density at radius 2 is 1.87 bits per heavy atom. The molecule has 0 saturated heterocycles. The third kappa shape index (κ3) is 2.97. The van der Waals surface area contributed by atoms with Gasteiger partial charge >= 0.3 is 0 Å². The molecular formula is C19H19ClN2O. The Hall–Kier alpha value is -2.26. The zero-order valence-corrected chi connectivity index (χ0v) is 14.2. The van der Waals surface area contributed by atoms with Gasteiger partial charge in [0.1, 0.15) is 0 Å². The van der Waals surface area contributed by atoms with Crippen molar-refractivity contribution in [2.24, 2.45) is 0 Å². The molecule has 0 atom stereocenters. The van der Waals surface area contributed by atoms with Gasteiger partial charge in [-0.3, -0.25) is 4.79 Å². The average molecular weight is 327 g/mol. The second-order valence-corrected chi connectivity index (χ2v) is 6.27. The number of nitrogens with one attached hydrogen (secondary N) is 2. The number of hydrogen-bond acceptors (Lipinski definition) is 2. The van der Waals surface area contributed by atoms with Gasteiger partial charge in [0.25, 0.3) is 5.56 Å². The number of rotatable bonds is 3.